The fraction of sp³-hybridized carbons (Fsp3) is 0.941. The largest absolute Gasteiger partial charge is 0.375 e. The van der Waals surface area contributed by atoms with Crippen molar-refractivity contribution in [3.63, 3.8) is 0 Å². The average Bonchev–Trinajstić information content (AvgIpc) is 2.53. The number of nitrogens with zero attached hydrogens (tertiary/aromatic N) is 2. The van der Waals surface area contributed by atoms with Crippen LogP contribution in [0.15, 0.2) is 0 Å². The number of amides is 1. The van der Waals surface area contributed by atoms with Crippen LogP contribution in [0.25, 0.3) is 0 Å². The first kappa shape index (κ1) is 15.3. The number of hydrogen-bond acceptors (Lipinski definition) is 3. The monoisotopic (exact) mass is 294 g/mol. The minimum Gasteiger partial charge on any atom is -0.375 e. The van der Waals surface area contributed by atoms with Crippen molar-refractivity contribution < 1.29 is 9.53 Å². The molecule has 3 fully saturated rings. The van der Waals surface area contributed by atoms with Crippen molar-refractivity contribution in [1.82, 2.24) is 9.80 Å². The molecule has 4 heteroatoms. The molecule has 0 aromatic rings. The van der Waals surface area contributed by atoms with E-state index in [1.165, 1.54) is 12.8 Å². The Balaban J connectivity index is 1.60. The van der Waals surface area contributed by atoms with Crippen LogP contribution in [0, 0.1) is 11.8 Å². The van der Waals surface area contributed by atoms with Gasteiger partial charge in [0.1, 0.15) is 0 Å². The SMILES string of the molecule is CCN1CCO[C@H]2CCN(C(=O)C3CCC(C)CC3)C[C@@H]21. The molecule has 0 aromatic heterocycles. The van der Waals surface area contributed by atoms with E-state index in [2.05, 4.69) is 23.6 Å². The summed E-state index contributed by atoms with van der Waals surface area (Å²) < 4.78 is 5.92. The second-order valence-corrected chi connectivity index (χ2v) is 7.13. The third-order valence-electron chi connectivity index (χ3n) is 5.78. The van der Waals surface area contributed by atoms with E-state index in [4.69, 9.17) is 4.74 Å². The van der Waals surface area contributed by atoms with Crippen molar-refractivity contribution in [3.8, 4) is 0 Å². The molecule has 0 aromatic carbocycles. The predicted molar refractivity (Wildman–Crippen MR) is 83.1 cm³/mol. The molecule has 4 nitrogen and oxygen atoms in total. The Morgan fingerprint density at radius 1 is 1.14 bits per heavy atom. The van der Waals surface area contributed by atoms with Crippen molar-refractivity contribution in [1.29, 1.82) is 0 Å². The number of carbonyl (C=O) groups excluding carboxylic acids is 1. The number of ether oxygens (including phenoxy) is 1. The van der Waals surface area contributed by atoms with Gasteiger partial charge in [0.15, 0.2) is 0 Å². The van der Waals surface area contributed by atoms with Crippen molar-refractivity contribution >= 4 is 5.91 Å². The van der Waals surface area contributed by atoms with Gasteiger partial charge in [-0.3, -0.25) is 9.69 Å². The summed E-state index contributed by atoms with van der Waals surface area (Å²) >= 11 is 0. The molecule has 0 N–H and O–H groups in total. The maximum atomic E-state index is 12.8. The molecule has 3 rings (SSSR count). The van der Waals surface area contributed by atoms with E-state index in [0.717, 1.165) is 58.0 Å². The number of likely N-dealkylation sites (N-methyl/N-ethyl adjacent to an activating group) is 1. The Morgan fingerprint density at radius 3 is 2.62 bits per heavy atom. The van der Waals surface area contributed by atoms with Crippen LogP contribution >= 0.6 is 0 Å². The lowest BCUT2D eigenvalue weighted by atomic mass is 9.82. The molecule has 2 atom stereocenters. The Morgan fingerprint density at radius 2 is 1.90 bits per heavy atom. The fourth-order valence-electron chi connectivity index (χ4n) is 4.30. The van der Waals surface area contributed by atoms with E-state index in [-0.39, 0.29) is 5.92 Å². The summed E-state index contributed by atoms with van der Waals surface area (Å²) in [5, 5.41) is 0. The quantitative estimate of drug-likeness (QED) is 0.782. The highest BCUT2D eigenvalue weighted by molar-refractivity contribution is 5.79. The van der Waals surface area contributed by atoms with E-state index < -0.39 is 0 Å². The van der Waals surface area contributed by atoms with E-state index in [1.54, 1.807) is 0 Å². The minimum absolute atomic E-state index is 0.289. The maximum Gasteiger partial charge on any atom is 0.225 e. The van der Waals surface area contributed by atoms with E-state index in [1.807, 2.05) is 0 Å². The van der Waals surface area contributed by atoms with Gasteiger partial charge in [0.25, 0.3) is 0 Å². The summed E-state index contributed by atoms with van der Waals surface area (Å²) in [6.45, 7) is 9.22. The van der Waals surface area contributed by atoms with E-state index in [0.29, 0.717) is 18.1 Å². The zero-order valence-electron chi connectivity index (χ0n) is 13.6. The zero-order chi connectivity index (χ0) is 14.8. The Hall–Kier alpha value is -0.610. The first-order chi connectivity index (χ1) is 10.2. The van der Waals surface area contributed by atoms with Crippen molar-refractivity contribution in [3.05, 3.63) is 0 Å². The van der Waals surface area contributed by atoms with Crippen LogP contribution in [0.2, 0.25) is 0 Å². The summed E-state index contributed by atoms with van der Waals surface area (Å²) in [5.74, 6) is 1.52. The van der Waals surface area contributed by atoms with Crippen LogP contribution in [-0.2, 0) is 9.53 Å². The van der Waals surface area contributed by atoms with Crippen LogP contribution in [0.5, 0.6) is 0 Å². The molecular weight excluding hydrogens is 264 g/mol. The van der Waals surface area contributed by atoms with Crippen molar-refractivity contribution in [2.45, 2.75) is 58.1 Å². The first-order valence-corrected chi connectivity index (χ1v) is 8.83. The molecule has 1 aliphatic carbocycles. The predicted octanol–water partition coefficient (Wildman–Crippen LogP) is 2.13. The number of carbonyl (C=O) groups is 1. The van der Waals surface area contributed by atoms with Crippen LogP contribution < -0.4 is 0 Å². The Bertz CT molecular complexity index is 360. The average molecular weight is 294 g/mol. The molecule has 0 radical (unpaired) electrons. The molecule has 0 unspecified atom stereocenters. The van der Waals surface area contributed by atoms with Crippen LogP contribution in [0.4, 0.5) is 0 Å². The molecule has 3 aliphatic rings. The third-order valence-corrected chi connectivity index (χ3v) is 5.78. The molecule has 1 amide bonds. The molecule has 120 valence electrons. The lowest BCUT2D eigenvalue weighted by Gasteiger charge is -2.47. The van der Waals surface area contributed by atoms with Crippen LogP contribution in [0.1, 0.15) is 46.0 Å². The maximum absolute atomic E-state index is 12.8. The number of fused-ring (bicyclic) bond motifs is 1. The fourth-order valence-corrected chi connectivity index (χ4v) is 4.30. The molecule has 0 bridgehead atoms. The molecule has 1 saturated carbocycles. The number of hydrogen-bond donors (Lipinski definition) is 0. The van der Waals surface area contributed by atoms with Gasteiger partial charge in [-0.25, -0.2) is 0 Å². The number of rotatable bonds is 2. The molecule has 2 heterocycles. The summed E-state index contributed by atoms with van der Waals surface area (Å²) in [6, 6.07) is 0.420. The van der Waals surface area contributed by atoms with E-state index >= 15 is 0 Å². The summed E-state index contributed by atoms with van der Waals surface area (Å²) in [5.41, 5.74) is 0. The first-order valence-electron chi connectivity index (χ1n) is 8.83. The lowest BCUT2D eigenvalue weighted by Crippen LogP contribution is -2.61. The molecular formula is C17H30N2O2. The normalized spacial score (nSPS) is 38.1. The minimum atomic E-state index is 0.289. The highest BCUT2D eigenvalue weighted by atomic mass is 16.5. The third kappa shape index (κ3) is 3.26. The van der Waals surface area contributed by atoms with Gasteiger partial charge in [-0.1, -0.05) is 13.8 Å². The van der Waals surface area contributed by atoms with Crippen LogP contribution in [-0.4, -0.2) is 60.6 Å². The lowest BCUT2D eigenvalue weighted by molar-refractivity contribution is -0.147. The van der Waals surface area contributed by atoms with Crippen LogP contribution in [0.3, 0.4) is 0 Å². The summed E-state index contributed by atoms with van der Waals surface area (Å²) in [7, 11) is 0. The molecule has 0 spiro atoms. The van der Waals surface area contributed by atoms with Gasteiger partial charge in [-0.2, -0.15) is 0 Å². The Labute approximate surface area is 128 Å². The second-order valence-electron chi connectivity index (χ2n) is 7.13. The molecule has 2 saturated heterocycles. The standard InChI is InChI=1S/C17H30N2O2/c1-3-18-10-11-21-16-8-9-19(12-15(16)18)17(20)14-6-4-13(2)5-7-14/h13-16H,3-12H2,1-2H3/t13?,14?,15-,16-/m0/s1. The number of piperidine rings is 1. The smallest absolute Gasteiger partial charge is 0.225 e. The van der Waals surface area contributed by atoms with Gasteiger partial charge in [0, 0.05) is 25.6 Å². The van der Waals surface area contributed by atoms with Gasteiger partial charge in [-0.15, -0.1) is 0 Å². The summed E-state index contributed by atoms with van der Waals surface area (Å²) in [4.78, 5) is 17.4. The molecule has 21 heavy (non-hydrogen) atoms. The molecule has 2 aliphatic heterocycles. The van der Waals surface area contributed by atoms with Gasteiger partial charge >= 0.3 is 0 Å². The highest BCUT2D eigenvalue weighted by Crippen LogP contribution is 2.31. The Kier molecular flexibility index (Phi) is 4.85. The zero-order valence-corrected chi connectivity index (χ0v) is 13.6. The number of morpholine rings is 1. The van der Waals surface area contributed by atoms with E-state index in [9.17, 15) is 4.79 Å². The topological polar surface area (TPSA) is 32.8 Å². The van der Waals surface area contributed by atoms with Gasteiger partial charge in [0.05, 0.1) is 18.8 Å². The summed E-state index contributed by atoms with van der Waals surface area (Å²) in [6.07, 6.45) is 5.99. The van der Waals surface area contributed by atoms with Gasteiger partial charge < -0.3 is 9.64 Å². The number of likely N-dealkylation sites (tertiary alicyclic amines) is 1. The van der Waals surface area contributed by atoms with Crippen molar-refractivity contribution in [2.24, 2.45) is 11.8 Å². The van der Waals surface area contributed by atoms with Gasteiger partial charge in [-0.05, 0) is 44.6 Å². The second kappa shape index (κ2) is 6.66. The van der Waals surface area contributed by atoms with Gasteiger partial charge in [0.2, 0.25) is 5.91 Å². The van der Waals surface area contributed by atoms with Crippen molar-refractivity contribution in [2.75, 3.05) is 32.8 Å². The highest BCUT2D eigenvalue weighted by Gasteiger charge is 2.39.